The summed E-state index contributed by atoms with van der Waals surface area (Å²) in [6.07, 6.45) is 0.120. The number of likely N-dealkylation sites (tertiary alicyclic amines) is 1. The zero-order chi connectivity index (χ0) is 13.3. The highest BCUT2D eigenvalue weighted by Gasteiger charge is 2.36. The maximum atomic E-state index is 11.7. The minimum Gasteiger partial charge on any atom is -0.397 e. The predicted octanol–water partition coefficient (Wildman–Crippen LogP) is 0.310. The van der Waals surface area contributed by atoms with Gasteiger partial charge in [-0.3, -0.25) is 14.5 Å². The van der Waals surface area contributed by atoms with Crippen LogP contribution in [0.2, 0.25) is 0 Å². The number of nitrogens with one attached hydrogen (secondary N) is 1. The maximum Gasteiger partial charge on any atom is 0.251 e. The van der Waals surface area contributed by atoms with Gasteiger partial charge in [0.1, 0.15) is 6.04 Å². The summed E-state index contributed by atoms with van der Waals surface area (Å²) in [5.41, 5.74) is 7.14. The van der Waals surface area contributed by atoms with E-state index in [0.29, 0.717) is 16.9 Å². The van der Waals surface area contributed by atoms with E-state index >= 15 is 0 Å². The normalized spacial score (nSPS) is 18.9. The molecular weight excluding hydrogens is 232 g/mol. The van der Waals surface area contributed by atoms with Crippen molar-refractivity contribution in [2.75, 3.05) is 18.1 Å². The summed E-state index contributed by atoms with van der Waals surface area (Å²) in [4.78, 5) is 24.2. The lowest BCUT2D eigenvalue weighted by Gasteiger charge is -2.14. The molecule has 92 valence electrons. The Labute approximate surface area is 104 Å². The molecule has 0 bridgehead atoms. The summed E-state index contributed by atoms with van der Waals surface area (Å²) in [7, 11) is 1.45. The number of benzene rings is 1. The fourth-order valence-corrected chi connectivity index (χ4v) is 1.82. The lowest BCUT2D eigenvalue weighted by atomic mass is 10.1. The van der Waals surface area contributed by atoms with Gasteiger partial charge in [0.15, 0.2) is 0 Å². The second-order valence-electron chi connectivity index (χ2n) is 4.11. The molecule has 1 fully saturated rings. The molecule has 3 N–H and O–H groups in total. The van der Waals surface area contributed by atoms with Gasteiger partial charge in [-0.1, -0.05) is 0 Å². The molecular formula is C12H12N4O2. The van der Waals surface area contributed by atoms with Crippen LogP contribution in [0.25, 0.3) is 0 Å². The Balaban J connectivity index is 2.18. The van der Waals surface area contributed by atoms with Gasteiger partial charge in [0.05, 0.1) is 29.4 Å². The van der Waals surface area contributed by atoms with Gasteiger partial charge in [-0.25, -0.2) is 0 Å². The van der Waals surface area contributed by atoms with E-state index in [4.69, 9.17) is 11.0 Å². The number of nitrogen functional groups attached to an aromatic ring is 1. The Bertz CT molecular complexity index is 562. The highest BCUT2D eigenvalue weighted by Crippen LogP contribution is 2.23. The van der Waals surface area contributed by atoms with E-state index in [1.807, 2.05) is 6.07 Å². The highest BCUT2D eigenvalue weighted by atomic mass is 16.2. The molecule has 6 heteroatoms. The van der Waals surface area contributed by atoms with Crippen molar-refractivity contribution in [2.45, 2.75) is 12.5 Å². The van der Waals surface area contributed by atoms with Crippen LogP contribution in [0.1, 0.15) is 12.0 Å². The van der Waals surface area contributed by atoms with Gasteiger partial charge in [-0.15, -0.1) is 0 Å². The van der Waals surface area contributed by atoms with Crippen LogP contribution in [-0.4, -0.2) is 29.8 Å². The predicted molar refractivity (Wildman–Crippen MR) is 65.4 cm³/mol. The molecule has 0 saturated carbocycles. The number of carbonyl (C=O) groups is 2. The number of nitriles is 1. The summed E-state index contributed by atoms with van der Waals surface area (Å²) in [6.45, 7) is 0. The number of hydrogen-bond donors (Lipinski definition) is 2. The van der Waals surface area contributed by atoms with Crippen LogP contribution in [-0.2, 0) is 9.59 Å². The summed E-state index contributed by atoms with van der Waals surface area (Å²) >= 11 is 0. The third-order valence-electron chi connectivity index (χ3n) is 2.89. The first kappa shape index (κ1) is 11.9. The molecule has 1 aliphatic rings. The average Bonchev–Trinajstić information content (AvgIpc) is 2.59. The van der Waals surface area contributed by atoms with Crippen LogP contribution in [0.5, 0.6) is 0 Å². The van der Waals surface area contributed by atoms with Gasteiger partial charge >= 0.3 is 0 Å². The zero-order valence-corrected chi connectivity index (χ0v) is 9.80. The Morgan fingerprint density at radius 2 is 2.22 bits per heavy atom. The second kappa shape index (κ2) is 4.37. The number of rotatable bonds is 2. The molecule has 1 aliphatic heterocycles. The fraction of sp³-hybridized carbons (Fsp3) is 0.250. The molecule has 1 saturated heterocycles. The van der Waals surface area contributed by atoms with Crippen LogP contribution in [0.15, 0.2) is 18.2 Å². The number of carbonyl (C=O) groups excluding carboxylic acids is 2. The molecule has 2 amide bonds. The second-order valence-corrected chi connectivity index (χ2v) is 4.11. The van der Waals surface area contributed by atoms with E-state index in [1.165, 1.54) is 13.1 Å². The molecule has 1 aromatic carbocycles. The van der Waals surface area contributed by atoms with Crippen LogP contribution in [0.4, 0.5) is 11.4 Å². The monoisotopic (exact) mass is 244 g/mol. The first-order valence-electron chi connectivity index (χ1n) is 5.39. The summed E-state index contributed by atoms with van der Waals surface area (Å²) < 4.78 is 0. The van der Waals surface area contributed by atoms with E-state index < -0.39 is 6.04 Å². The van der Waals surface area contributed by atoms with Gasteiger partial charge in [0.25, 0.3) is 5.91 Å². The summed E-state index contributed by atoms with van der Waals surface area (Å²) in [5.74, 6) is -0.492. The topological polar surface area (TPSA) is 99.2 Å². The molecule has 0 radical (unpaired) electrons. The van der Waals surface area contributed by atoms with Crippen molar-refractivity contribution in [1.29, 1.82) is 5.26 Å². The van der Waals surface area contributed by atoms with Crippen molar-refractivity contribution < 1.29 is 9.59 Å². The first-order chi connectivity index (χ1) is 8.52. The Morgan fingerprint density at radius 3 is 2.72 bits per heavy atom. The van der Waals surface area contributed by atoms with Crippen molar-refractivity contribution in [1.82, 2.24) is 4.90 Å². The highest BCUT2D eigenvalue weighted by molar-refractivity contribution is 6.06. The molecule has 1 heterocycles. The minimum absolute atomic E-state index is 0.120. The van der Waals surface area contributed by atoms with Gasteiger partial charge in [-0.05, 0) is 18.2 Å². The van der Waals surface area contributed by atoms with E-state index in [-0.39, 0.29) is 18.2 Å². The first-order valence-corrected chi connectivity index (χ1v) is 5.39. The smallest absolute Gasteiger partial charge is 0.251 e. The van der Waals surface area contributed by atoms with E-state index in [1.54, 1.807) is 12.1 Å². The van der Waals surface area contributed by atoms with Crippen LogP contribution < -0.4 is 11.1 Å². The third kappa shape index (κ3) is 1.98. The molecule has 1 aromatic rings. The third-order valence-corrected chi connectivity index (χ3v) is 2.89. The van der Waals surface area contributed by atoms with Gasteiger partial charge < -0.3 is 11.1 Å². The molecule has 1 unspecified atom stereocenters. The lowest BCUT2D eigenvalue weighted by Crippen LogP contribution is -2.32. The Morgan fingerprint density at radius 1 is 1.50 bits per heavy atom. The summed E-state index contributed by atoms with van der Waals surface area (Å²) in [6, 6.07) is 6.14. The van der Waals surface area contributed by atoms with E-state index in [0.717, 1.165) is 4.90 Å². The minimum atomic E-state index is -0.585. The number of amides is 2. The standard InChI is InChI=1S/C12H12N4O2/c1-16-11(17)5-10(12(16)18)15-9-3-2-7(6-13)4-8(9)14/h2-4,10,15H,5,14H2,1H3. The van der Waals surface area contributed by atoms with Gasteiger partial charge in [-0.2, -0.15) is 5.26 Å². The summed E-state index contributed by atoms with van der Waals surface area (Å²) in [5, 5.41) is 11.6. The largest absolute Gasteiger partial charge is 0.397 e. The van der Waals surface area contributed by atoms with Crippen molar-refractivity contribution in [3.8, 4) is 6.07 Å². The van der Waals surface area contributed by atoms with Crippen molar-refractivity contribution >= 4 is 23.2 Å². The molecule has 18 heavy (non-hydrogen) atoms. The van der Waals surface area contributed by atoms with E-state index in [9.17, 15) is 9.59 Å². The molecule has 0 aromatic heterocycles. The molecule has 2 rings (SSSR count). The van der Waals surface area contributed by atoms with Crippen molar-refractivity contribution in [3.63, 3.8) is 0 Å². The maximum absolute atomic E-state index is 11.7. The van der Waals surface area contributed by atoms with Crippen LogP contribution in [0.3, 0.4) is 0 Å². The van der Waals surface area contributed by atoms with E-state index in [2.05, 4.69) is 5.32 Å². The van der Waals surface area contributed by atoms with Crippen molar-refractivity contribution in [3.05, 3.63) is 23.8 Å². The number of nitrogens with zero attached hydrogens (tertiary/aromatic N) is 2. The number of likely N-dealkylation sites (N-methyl/N-ethyl adjacent to an activating group) is 1. The number of hydrogen-bond acceptors (Lipinski definition) is 5. The quantitative estimate of drug-likeness (QED) is 0.576. The number of anilines is 2. The fourth-order valence-electron chi connectivity index (χ4n) is 1.82. The molecule has 1 atom stereocenters. The number of imide groups is 1. The Kier molecular flexibility index (Phi) is 2.90. The van der Waals surface area contributed by atoms with Gasteiger partial charge in [0, 0.05) is 7.05 Å². The van der Waals surface area contributed by atoms with Crippen LogP contribution in [0, 0.1) is 11.3 Å². The SMILES string of the molecule is CN1C(=O)CC(Nc2ccc(C#N)cc2N)C1=O. The van der Waals surface area contributed by atoms with Gasteiger partial charge in [0.2, 0.25) is 5.91 Å². The Hall–Kier alpha value is -2.55. The lowest BCUT2D eigenvalue weighted by molar-refractivity contribution is -0.136. The number of nitrogens with two attached hydrogens (primary N) is 1. The molecule has 0 spiro atoms. The van der Waals surface area contributed by atoms with Crippen molar-refractivity contribution in [2.24, 2.45) is 0 Å². The molecule has 6 nitrogen and oxygen atoms in total. The average molecular weight is 244 g/mol. The zero-order valence-electron chi connectivity index (χ0n) is 9.80. The van der Waals surface area contributed by atoms with Crippen LogP contribution >= 0.6 is 0 Å². The molecule has 0 aliphatic carbocycles.